The van der Waals surface area contributed by atoms with Crippen molar-refractivity contribution in [2.45, 2.75) is 19.4 Å². The van der Waals surface area contributed by atoms with Crippen molar-refractivity contribution >= 4 is 22.7 Å². The second kappa shape index (κ2) is 8.24. The van der Waals surface area contributed by atoms with Crippen molar-refractivity contribution in [2.75, 3.05) is 13.1 Å². The molecule has 3 heterocycles. The SMILES string of the molecule is O=c1[nH]c(O)c(C=Nc2ccc(CN3CCCC3)cc2)c2cc(-n3cccc3)ccc12. The van der Waals surface area contributed by atoms with Gasteiger partial charge in [0.25, 0.3) is 5.56 Å². The number of nitrogens with zero attached hydrogens (tertiary/aromatic N) is 3. The fourth-order valence-electron chi connectivity index (χ4n) is 4.15. The van der Waals surface area contributed by atoms with Gasteiger partial charge in [0, 0.05) is 41.6 Å². The molecule has 4 aromatic rings. The number of benzene rings is 2. The maximum absolute atomic E-state index is 12.3. The fourth-order valence-corrected chi connectivity index (χ4v) is 4.15. The molecular weight excluding hydrogens is 388 g/mol. The van der Waals surface area contributed by atoms with E-state index in [1.807, 2.05) is 53.4 Å². The van der Waals surface area contributed by atoms with Gasteiger partial charge in [0.2, 0.25) is 5.88 Å². The van der Waals surface area contributed by atoms with Gasteiger partial charge in [-0.1, -0.05) is 12.1 Å². The van der Waals surface area contributed by atoms with E-state index in [4.69, 9.17) is 0 Å². The van der Waals surface area contributed by atoms with Crippen LogP contribution in [0.4, 0.5) is 5.69 Å². The zero-order valence-electron chi connectivity index (χ0n) is 17.2. The third-order valence-electron chi connectivity index (χ3n) is 5.81. The molecule has 0 aliphatic carbocycles. The zero-order chi connectivity index (χ0) is 21.2. The Morgan fingerprint density at radius 1 is 1.00 bits per heavy atom. The summed E-state index contributed by atoms with van der Waals surface area (Å²) in [6.45, 7) is 3.31. The van der Waals surface area contributed by atoms with Crippen LogP contribution >= 0.6 is 0 Å². The monoisotopic (exact) mass is 412 g/mol. The molecule has 0 bridgehead atoms. The topological polar surface area (TPSA) is 73.6 Å². The molecule has 31 heavy (non-hydrogen) atoms. The number of H-pyrrole nitrogens is 1. The summed E-state index contributed by atoms with van der Waals surface area (Å²) in [5.41, 5.74) is 3.14. The summed E-state index contributed by atoms with van der Waals surface area (Å²) < 4.78 is 1.96. The van der Waals surface area contributed by atoms with E-state index in [0.29, 0.717) is 16.3 Å². The minimum atomic E-state index is -0.324. The van der Waals surface area contributed by atoms with Crippen LogP contribution in [-0.4, -0.2) is 38.9 Å². The van der Waals surface area contributed by atoms with Gasteiger partial charge in [-0.05, 0) is 74.0 Å². The van der Waals surface area contributed by atoms with Crippen LogP contribution < -0.4 is 5.56 Å². The number of hydrogen-bond donors (Lipinski definition) is 2. The Bertz CT molecular complexity index is 1280. The number of aromatic nitrogens is 2. The Kier molecular flexibility index (Phi) is 5.14. The van der Waals surface area contributed by atoms with Crippen molar-refractivity contribution in [1.29, 1.82) is 0 Å². The number of fused-ring (bicyclic) bond motifs is 1. The fraction of sp³-hybridized carbons (Fsp3) is 0.200. The van der Waals surface area contributed by atoms with Gasteiger partial charge in [-0.15, -0.1) is 0 Å². The maximum Gasteiger partial charge on any atom is 0.258 e. The van der Waals surface area contributed by atoms with Crippen LogP contribution in [0.25, 0.3) is 16.5 Å². The lowest BCUT2D eigenvalue weighted by Crippen LogP contribution is -2.18. The van der Waals surface area contributed by atoms with E-state index in [2.05, 4.69) is 27.0 Å². The molecular formula is C25H24N4O2. The Morgan fingerprint density at radius 2 is 1.74 bits per heavy atom. The highest BCUT2D eigenvalue weighted by molar-refractivity contribution is 6.02. The molecule has 5 rings (SSSR count). The minimum absolute atomic E-state index is 0.184. The Morgan fingerprint density at radius 3 is 2.48 bits per heavy atom. The zero-order valence-corrected chi connectivity index (χ0v) is 17.2. The third kappa shape index (κ3) is 4.02. The predicted molar refractivity (Wildman–Crippen MR) is 124 cm³/mol. The van der Waals surface area contributed by atoms with Gasteiger partial charge in [-0.2, -0.15) is 0 Å². The molecule has 0 unspecified atom stereocenters. The van der Waals surface area contributed by atoms with Crippen LogP contribution in [-0.2, 0) is 6.54 Å². The summed E-state index contributed by atoms with van der Waals surface area (Å²) in [7, 11) is 0. The smallest absolute Gasteiger partial charge is 0.258 e. The number of nitrogens with one attached hydrogen (secondary N) is 1. The van der Waals surface area contributed by atoms with Crippen LogP contribution in [0.2, 0.25) is 0 Å². The molecule has 1 aliphatic rings. The summed E-state index contributed by atoms with van der Waals surface area (Å²) >= 11 is 0. The number of likely N-dealkylation sites (tertiary alicyclic amines) is 1. The summed E-state index contributed by atoms with van der Waals surface area (Å²) in [5, 5.41) is 11.6. The van der Waals surface area contributed by atoms with Crippen LogP contribution in [0.3, 0.4) is 0 Å². The number of aromatic hydroxyl groups is 1. The lowest BCUT2D eigenvalue weighted by molar-refractivity contribution is 0.331. The number of rotatable bonds is 5. The quantitative estimate of drug-likeness (QED) is 0.478. The average Bonchev–Trinajstić information content (AvgIpc) is 3.49. The van der Waals surface area contributed by atoms with Crippen LogP contribution in [0.1, 0.15) is 24.0 Å². The van der Waals surface area contributed by atoms with E-state index in [9.17, 15) is 9.90 Å². The molecule has 2 N–H and O–H groups in total. The molecule has 0 atom stereocenters. The van der Waals surface area contributed by atoms with Crippen molar-refractivity contribution in [3.8, 4) is 11.6 Å². The molecule has 1 saturated heterocycles. The molecule has 0 radical (unpaired) electrons. The van der Waals surface area contributed by atoms with E-state index in [1.165, 1.54) is 31.5 Å². The second-order valence-electron chi connectivity index (χ2n) is 7.94. The number of aromatic amines is 1. The summed E-state index contributed by atoms with van der Waals surface area (Å²) in [6.07, 6.45) is 8.05. The van der Waals surface area contributed by atoms with Gasteiger partial charge in [0.05, 0.1) is 11.3 Å². The van der Waals surface area contributed by atoms with Crippen molar-refractivity contribution in [3.63, 3.8) is 0 Å². The largest absolute Gasteiger partial charge is 0.494 e. The molecule has 156 valence electrons. The first-order chi connectivity index (χ1) is 15.2. The first kappa shape index (κ1) is 19.3. The van der Waals surface area contributed by atoms with E-state index >= 15 is 0 Å². The number of aliphatic imine (C=N–C) groups is 1. The molecule has 2 aromatic heterocycles. The summed E-state index contributed by atoms with van der Waals surface area (Å²) in [6, 6.07) is 17.6. The van der Waals surface area contributed by atoms with Gasteiger partial charge in [-0.25, -0.2) is 0 Å². The molecule has 0 saturated carbocycles. The molecule has 6 nitrogen and oxygen atoms in total. The minimum Gasteiger partial charge on any atom is -0.494 e. The maximum atomic E-state index is 12.3. The molecule has 6 heteroatoms. The Hall–Kier alpha value is -3.64. The third-order valence-corrected chi connectivity index (χ3v) is 5.81. The lowest BCUT2D eigenvalue weighted by Gasteiger charge is -2.14. The first-order valence-electron chi connectivity index (χ1n) is 10.5. The molecule has 2 aromatic carbocycles. The first-order valence-corrected chi connectivity index (χ1v) is 10.5. The molecule has 0 spiro atoms. The highest BCUT2D eigenvalue weighted by Gasteiger charge is 2.12. The van der Waals surface area contributed by atoms with Gasteiger partial charge in [0.15, 0.2) is 0 Å². The van der Waals surface area contributed by atoms with Crippen molar-refractivity contribution in [2.24, 2.45) is 4.99 Å². The Balaban J connectivity index is 1.47. The normalized spacial score (nSPS) is 14.7. The van der Waals surface area contributed by atoms with Crippen molar-refractivity contribution in [3.05, 3.63) is 88.5 Å². The molecule has 1 fully saturated rings. The number of pyridine rings is 1. The summed E-state index contributed by atoms with van der Waals surface area (Å²) in [4.78, 5) is 21.9. The van der Waals surface area contributed by atoms with Crippen molar-refractivity contribution < 1.29 is 5.11 Å². The van der Waals surface area contributed by atoms with Crippen LogP contribution in [0, 0.1) is 0 Å². The van der Waals surface area contributed by atoms with Crippen LogP contribution in [0.15, 0.2) is 76.8 Å². The van der Waals surface area contributed by atoms with Gasteiger partial charge in [0.1, 0.15) is 0 Å². The second-order valence-corrected chi connectivity index (χ2v) is 7.94. The lowest BCUT2D eigenvalue weighted by atomic mass is 10.1. The highest BCUT2D eigenvalue weighted by atomic mass is 16.3. The van der Waals surface area contributed by atoms with E-state index < -0.39 is 0 Å². The van der Waals surface area contributed by atoms with E-state index in [-0.39, 0.29) is 11.4 Å². The average molecular weight is 412 g/mol. The Labute approximate surface area is 180 Å². The van der Waals surface area contributed by atoms with Crippen molar-refractivity contribution in [1.82, 2.24) is 14.5 Å². The molecule has 1 aliphatic heterocycles. The highest BCUT2D eigenvalue weighted by Crippen LogP contribution is 2.25. The number of hydrogen-bond acceptors (Lipinski definition) is 4. The van der Waals surface area contributed by atoms with Crippen LogP contribution in [0.5, 0.6) is 5.88 Å². The molecule has 0 amide bonds. The van der Waals surface area contributed by atoms with Gasteiger partial charge in [-0.3, -0.25) is 19.7 Å². The van der Waals surface area contributed by atoms with E-state index in [0.717, 1.165) is 17.9 Å². The van der Waals surface area contributed by atoms with Gasteiger partial charge < -0.3 is 9.67 Å². The van der Waals surface area contributed by atoms with Gasteiger partial charge >= 0.3 is 0 Å². The summed E-state index contributed by atoms with van der Waals surface area (Å²) in [5.74, 6) is -0.184. The van der Waals surface area contributed by atoms with E-state index in [1.54, 1.807) is 12.3 Å². The standard InChI is InChI=1S/C25H24N4O2/c30-24-21-10-9-20(29-13-3-4-14-29)15-22(21)23(25(31)27-24)16-26-19-7-5-18(6-8-19)17-28-11-1-2-12-28/h3-10,13-16H,1-2,11-12,17H2,(H2,27,30,31). The predicted octanol–water partition coefficient (Wildman–Crippen LogP) is 4.37.